The van der Waals surface area contributed by atoms with Crippen molar-refractivity contribution in [3.8, 4) is 5.88 Å². The topological polar surface area (TPSA) is 94.0 Å². The Balaban J connectivity index is 1.56. The normalized spacial score (nSPS) is 11.7. The van der Waals surface area contributed by atoms with Crippen LogP contribution in [-0.2, 0) is 6.54 Å². The highest BCUT2D eigenvalue weighted by atomic mass is 16.5. The highest BCUT2D eigenvalue weighted by Crippen LogP contribution is 2.21. The summed E-state index contributed by atoms with van der Waals surface area (Å²) >= 11 is 0. The quantitative estimate of drug-likeness (QED) is 0.699. The van der Waals surface area contributed by atoms with Gasteiger partial charge in [-0.1, -0.05) is 12.1 Å². The van der Waals surface area contributed by atoms with Gasteiger partial charge < -0.3 is 19.9 Å². The van der Waals surface area contributed by atoms with Gasteiger partial charge in [-0.2, -0.15) is 0 Å². The molecular formula is C19H22N6O2. The lowest BCUT2D eigenvalue weighted by molar-refractivity contribution is 0.251. The molecular weight excluding hydrogens is 344 g/mol. The van der Waals surface area contributed by atoms with Gasteiger partial charge in [-0.15, -0.1) is 0 Å². The zero-order valence-electron chi connectivity index (χ0n) is 15.5. The Morgan fingerprint density at radius 2 is 2.00 bits per heavy atom. The van der Waals surface area contributed by atoms with Gasteiger partial charge in [-0.05, 0) is 31.5 Å². The van der Waals surface area contributed by atoms with Crippen LogP contribution >= 0.6 is 0 Å². The van der Waals surface area contributed by atoms with Crippen LogP contribution in [0.15, 0.2) is 49.1 Å². The third-order valence-electron chi connectivity index (χ3n) is 4.27. The number of methoxy groups -OCH3 is 1. The molecule has 2 amide bonds. The molecule has 27 heavy (non-hydrogen) atoms. The van der Waals surface area contributed by atoms with Crippen molar-refractivity contribution >= 4 is 11.7 Å². The van der Waals surface area contributed by atoms with E-state index in [1.165, 1.54) is 13.4 Å². The van der Waals surface area contributed by atoms with Crippen LogP contribution in [0.5, 0.6) is 5.88 Å². The molecule has 0 bridgehead atoms. The van der Waals surface area contributed by atoms with E-state index in [0.29, 0.717) is 17.3 Å². The first-order chi connectivity index (χ1) is 13.1. The molecule has 2 aromatic heterocycles. The van der Waals surface area contributed by atoms with E-state index in [9.17, 15) is 4.79 Å². The molecule has 140 valence electrons. The number of amides is 2. The van der Waals surface area contributed by atoms with E-state index in [1.54, 1.807) is 12.3 Å². The number of carbonyl (C=O) groups is 1. The molecule has 1 atom stereocenters. The van der Waals surface area contributed by atoms with Gasteiger partial charge in [-0.25, -0.2) is 19.7 Å². The lowest BCUT2D eigenvalue weighted by Gasteiger charge is -2.16. The molecule has 8 heteroatoms. The zero-order valence-corrected chi connectivity index (χ0v) is 15.5. The van der Waals surface area contributed by atoms with Gasteiger partial charge in [0.25, 0.3) is 0 Å². The summed E-state index contributed by atoms with van der Waals surface area (Å²) in [5.41, 5.74) is 2.51. The Morgan fingerprint density at radius 3 is 2.67 bits per heavy atom. The number of aromatic nitrogens is 4. The molecule has 8 nitrogen and oxygen atoms in total. The number of benzene rings is 1. The molecule has 0 saturated carbocycles. The maximum Gasteiger partial charge on any atom is 0.319 e. The lowest BCUT2D eigenvalue weighted by Crippen LogP contribution is -2.28. The van der Waals surface area contributed by atoms with Crippen molar-refractivity contribution in [1.29, 1.82) is 0 Å². The molecule has 0 unspecified atom stereocenters. The molecule has 0 aliphatic carbocycles. The first-order valence-corrected chi connectivity index (χ1v) is 8.56. The Bertz CT molecular complexity index is 907. The Kier molecular flexibility index (Phi) is 5.65. The minimum Gasteiger partial charge on any atom is -0.481 e. The third kappa shape index (κ3) is 4.60. The van der Waals surface area contributed by atoms with Crippen LogP contribution in [0.2, 0.25) is 0 Å². The van der Waals surface area contributed by atoms with Gasteiger partial charge in [-0.3, -0.25) is 0 Å². The van der Waals surface area contributed by atoms with Crippen LogP contribution in [0.3, 0.4) is 0 Å². The second kappa shape index (κ2) is 8.31. The SMILES string of the molecule is COc1cc(CNC(=O)Nc2ccc([C@@H](C)n3ccnc3C)cc2)ncn1. The van der Waals surface area contributed by atoms with Gasteiger partial charge in [0.1, 0.15) is 12.2 Å². The van der Waals surface area contributed by atoms with E-state index in [0.717, 1.165) is 11.4 Å². The summed E-state index contributed by atoms with van der Waals surface area (Å²) in [4.78, 5) is 24.4. The minimum atomic E-state index is -0.307. The fourth-order valence-electron chi connectivity index (χ4n) is 2.73. The fourth-order valence-corrected chi connectivity index (χ4v) is 2.73. The zero-order chi connectivity index (χ0) is 19.2. The predicted octanol–water partition coefficient (Wildman–Crippen LogP) is 2.92. The molecule has 0 spiro atoms. The van der Waals surface area contributed by atoms with E-state index < -0.39 is 0 Å². The highest BCUT2D eigenvalue weighted by molar-refractivity contribution is 5.89. The van der Waals surface area contributed by atoms with Gasteiger partial charge in [0.2, 0.25) is 5.88 Å². The van der Waals surface area contributed by atoms with Crippen molar-refractivity contribution < 1.29 is 9.53 Å². The number of imidazole rings is 1. The van der Waals surface area contributed by atoms with Gasteiger partial charge in [0.15, 0.2) is 0 Å². The first kappa shape index (κ1) is 18.4. The minimum absolute atomic E-state index is 0.170. The average Bonchev–Trinajstić information content (AvgIpc) is 3.12. The van der Waals surface area contributed by atoms with Crippen LogP contribution in [0.4, 0.5) is 10.5 Å². The number of carbonyl (C=O) groups excluding carboxylic acids is 1. The van der Waals surface area contributed by atoms with Crippen molar-refractivity contribution in [2.75, 3.05) is 12.4 Å². The molecule has 0 radical (unpaired) electrons. The Morgan fingerprint density at radius 1 is 1.22 bits per heavy atom. The molecule has 0 saturated heterocycles. The number of hydrogen-bond donors (Lipinski definition) is 2. The molecule has 3 aromatic rings. The van der Waals surface area contributed by atoms with E-state index in [4.69, 9.17) is 4.74 Å². The Hall–Kier alpha value is -3.42. The second-order valence-corrected chi connectivity index (χ2v) is 6.04. The summed E-state index contributed by atoms with van der Waals surface area (Å²) in [5, 5.41) is 5.57. The van der Waals surface area contributed by atoms with Crippen molar-refractivity contribution in [3.63, 3.8) is 0 Å². The standard InChI is InChI=1S/C19H22N6O2/c1-13(25-9-8-20-14(25)2)15-4-6-16(7-5-15)24-19(26)21-11-17-10-18(27-3)23-12-22-17/h4-10,12-13H,11H2,1-3H3,(H2,21,24,26)/t13-/m1/s1. The van der Waals surface area contributed by atoms with E-state index in [1.807, 2.05) is 37.4 Å². The van der Waals surface area contributed by atoms with E-state index in [2.05, 4.69) is 37.1 Å². The molecule has 3 rings (SSSR count). The summed E-state index contributed by atoms with van der Waals surface area (Å²) in [6.07, 6.45) is 5.15. The van der Waals surface area contributed by atoms with Gasteiger partial charge >= 0.3 is 6.03 Å². The van der Waals surface area contributed by atoms with Crippen LogP contribution in [-0.4, -0.2) is 32.7 Å². The monoisotopic (exact) mass is 366 g/mol. The van der Waals surface area contributed by atoms with E-state index >= 15 is 0 Å². The van der Waals surface area contributed by atoms with Crippen LogP contribution in [0.25, 0.3) is 0 Å². The van der Waals surface area contributed by atoms with Gasteiger partial charge in [0.05, 0.1) is 25.4 Å². The summed E-state index contributed by atoms with van der Waals surface area (Å²) in [7, 11) is 1.53. The number of anilines is 1. The number of nitrogens with one attached hydrogen (secondary N) is 2. The lowest BCUT2D eigenvalue weighted by atomic mass is 10.1. The molecule has 0 fully saturated rings. The van der Waals surface area contributed by atoms with Crippen molar-refractivity contribution in [2.45, 2.75) is 26.4 Å². The largest absolute Gasteiger partial charge is 0.481 e. The number of rotatable bonds is 6. The maximum atomic E-state index is 12.1. The third-order valence-corrected chi connectivity index (χ3v) is 4.27. The van der Waals surface area contributed by atoms with Crippen molar-refractivity contribution in [1.82, 2.24) is 24.8 Å². The first-order valence-electron chi connectivity index (χ1n) is 8.56. The number of hydrogen-bond acceptors (Lipinski definition) is 5. The second-order valence-electron chi connectivity index (χ2n) is 6.04. The van der Waals surface area contributed by atoms with Crippen molar-refractivity contribution in [3.05, 3.63) is 66.1 Å². The van der Waals surface area contributed by atoms with Crippen LogP contribution in [0.1, 0.15) is 30.0 Å². The molecule has 0 aliphatic heterocycles. The molecule has 1 aromatic carbocycles. The fraction of sp³-hybridized carbons (Fsp3) is 0.263. The number of ether oxygens (including phenoxy) is 1. The number of nitrogens with zero attached hydrogens (tertiary/aromatic N) is 4. The summed E-state index contributed by atoms with van der Waals surface area (Å²) in [6, 6.07) is 9.29. The van der Waals surface area contributed by atoms with Crippen LogP contribution < -0.4 is 15.4 Å². The molecule has 2 N–H and O–H groups in total. The van der Waals surface area contributed by atoms with Gasteiger partial charge in [0, 0.05) is 24.1 Å². The number of aryl methyl sites for hydroxylation is 1. The molecule has 0 aliphatic rings. The average molecular weight is 366 g/mol. The van der Waals surface area contributed by atoms with Crippen LogP contribution in [0, 0.1) is 6.92 Å². The smallest absolute Gasteiger partial charge is 0.319 e. The Labute approximate surface area is 157 Å². The predicted molar refractivity (Wildman–Crippen MR) is 102 cm³/mol. The summed E-state index contributed by atoms with van der Waals surface area (Å²) in [5.74, 6) is 1.42. The maximum absolute atomic E-state index is 12.1. The number of urea groups is 1. The summed E-state index contributed by atoms with van der Waals surface area (Å²) < 4.78 is 7.14. The summed E-state index contributed by atoms with van der Waals surface area (Å²) in [6.45, 7) is 4.36. The van der Waals surface area contributed by atoms with E-state index in [-0.39, 0.29) is 18.6 Å². The highest BCUT2D eigenvalue weighted by Gasteiger charge is 2.10. The van der Waals surface area contributed by atoms with Crippen molar-refractivity contribution in [2.24, 2.45) is 0 Å². The molecule has 2 heterocycles.